The highest BCUT2D eigenvalue weighted by Gasteiger charge is 2.25. The summed E-state index contributed by atoms with van der Waals surface area (Å²) in [5, 5.41) is 2.88. The van der Waals surface area contributed by atoms with Crippen LogP contribution in [0.2, 0.25) is 0 Å². The lowest BCUT2D eigenvalue weighted by Crippen LogP contribution is -2.12. The fraction of sp³-hybridized carbons (Fsp3) is 0.227. The molecule has 0 spiro atoms. The Morgan fingerprint density at radius 2 is 2.04 bits per heavy atom. The summed E-state index contributed by atoms with van der Waals surface area (Å²) >= 11 is 1.20. The smallest absolute Gasteiger partial charge is 0.265 e. The third-order valence-corrected chi connectivity index (χ3v) is 5.95. The molecule has 0 aliphatic heterocycles. The van der Waals surface area contributed by atoms with Crippen molar-refractivity contribution in [3.63, 3.8) is 0 Å². The van der Waals surface area contributed by atoms with Crippen LogP contribution in [0.25, 0.3) is 10.4 Å². The van der Waals surface area contributed by atoms with Gasteiger partial charge in [-0.05, 0) is 61.6 Å². The highest BCUT2D eigenvalue weighted by molar-refractivity contribution is 7.17. The summed E-state index contributed by atoms with van der Waals surface area (Å²) in [5.74, 6) is -0.211. The van der Waals surface area contributed by atoms with Gasteiger partial charge in [0.25, 0.3) is 5.91 Å². The van der Waals surface area contributed by atoms with Gasteiger partial charge in [0.05, 0.1) is 4.88 Å². The second-order valence-corrected chi connectivity index (χ2v) is 8.14. The molecular weight excluding hydrogens is 375 g/mol. The average molecular weight is 394 g/mol. The zero-order valence-electron chi connectivity index (χ0n) is 15.4. The zero-order valence-corrected chi connectivity index (χ0v) is 16.2. The summed E-state index contributed by atoms with van der Waals surface area (Å²) in [6.07, 6.45) is 4.21. The minimum Gasteiger partial charge on any atom is -0.321 e. The largest absolute Gasteiger partial charge is 0.321 e. The maximum Gasteiger partial charge on any atom is 0.265 e. The molecule has 0 unspecified atom stereocenters. The van der Waals surface area contributed by atoms with Gasteiger partial charge in [0.2, 0.25) is 5.95 Å². The number of aryl methyl sites for hydroxylation is 1. The van der Waals surface area contributed by atoms with Crippen molar-refractivity contribution in [1.29, 1.82) is 0 Å². The molecule has 1 saturated carbocycles. The third-order valence-electron chi connectivity index (χ3n) is 4.83. The van der Waals surface area contributed by atoms with Gasteiger partial charge in [0.15, 0.2) is 5.78 Å². The van der Waals surface area contributed by atoms with Crippen molar-refractivity contribution in [3.8, 4) is 10.4 Å². The van der Waals surface area contributed by atoms with Crippen LogP contribution in [0.3, 0.4) is 0 Å². The van der Waals surface area contributed by atoms with Gasteiger partial charge < -0.3 is 5.32 Å². The van der Waals surface area contributed by atoms with Crippen molar-refractivity contribution < 1.29 is 14.0 Å². The number of pyridine rings is 1. The molecular formula is C22H19FN2O2S. The number of anilines is 1. The SMILES string of the molecule is Cc1ccc(C(=O)CC2CC2)cc1NC(=O)c1ccc(-c2cccnc2F)s1. The van der Waals surface area contributed by atoms with Gasteiger partial charge in [0.1, 0.15) is 0 Å². The average Bonchev–Trinajstić information content (AvgIpc) is 3.36. The number of nitrogens with zero attached hydrogens (tertiary/aromatic N) is 1. The summed E-state index contributed by atoms with van der Waals surface area (Å²) in [4.78, 5) is 29.8. The molecule has 0 radical (unpaired) electrons. The van der Waals surface area contributed by atoms with E-state index in [0.29, 0.717) is 38.9 Å². The van der Waals surface area contributed by atoms with Gasteiger partial charge in [-0.3, -0.25) is 9.59 Å². The van der Waals surface area contributed by atoms with Crippen molar-refractivity contribution in [2.45, 2.75) is 26.2 Å². The van der Waals surface area contributed by atoms with E-state index in [9.17, 15) is 14.0 Å². The second kappa shape index (κ2) is 7.64. The molecule has 1 N–H and O–H groups in total. The topological polar surface area (TPSA) is 59.1 Å². The Morgan fingerprint density at radius 3 is 2.79 bits per heavy atom. The monoisotopic (exact) mass is 394 g/mol. The number of rotatable bonds is 6. The van der Waals surface area contributed by atoms with Gasteiger partial charge in [-0.1, -0.05) is 12.1 Å². The molecule has 142 valence electrons. The first-order valence-electron chi connectivity index (χ1n) is 9.17. The molecule has 28 heavy (non-hydrogen) atoms. The minimum atomic E-state index is -0.561. The molecule has 0 saturated heterocycles. The van der Waals surface area contributed by atoms with E-state index >= 15 is 0 Å². The quantitative estimate of drug-likeness (QED) is 0.444. The van der Waals surface area contributed by atoms with Crippen LogP contribution in [0.1, 0.15) is 44.9 Å². The van der Waals surface area contributed by atoms with Crippen LogP contribution in [0, 0.1) is 18.8 Å². The number of hydrogen-bond donors (Lipinski definition) is 1. The minimum absolute atomic E-state index is 0.114. The molecule has 4 nitrogen and oxygen atoms in total. The summed E-state index contributed by atoms with van der Waals surface area (Å²) in [7, 11) is 0. The maximum absolute atomic E-state index is 13.9. The van der Waals surface area contributed by atoms with E-state index in [1.54, 1.807) is 30.3 Å². The Morgan fingerprint density at radius 1 is 1.21 bits per heavy atom. The van der Waals surface area contributed by atoms with E-state index in [4.69, 9.17) is 0 Å². The first kappa shape index (κ1) is 18.5. The fourth-order valence-corrected chi connectivity index (χ4v) is 3.91. The molecule has 1 aromatic carbocycles. The standard InChI is InChI=1S/C22H19FN2O2S/c1-13-4-7-15(18(26)11-14-5-6-14)12-17(13)25-22(27)20-9-8-19(28-20)16-3-2-10-24-21(16)23/h2-4,7-10,12,14H,5-6,11H2,1H3,(H,25,27). The summed E-state index contributed by atoms with van der Waals surface area (Å²) in [6.45, 7) is 1.88. The van der Waals surface area contributed by atoms with Crippen molar-refractivity contribution in [3.05, 3.63) is 70.6 Å². The van der Waals surface area contributed by atoms with Crippen molar-refractivity contribution in [2.75, 3.05) is 5.32 Å². The molecule has 2 heterocycles. The molecule has 4 rings (SSSR count). The molecule has 6 heteroatoms. The number of halogens is 1. The second-order valence-electron chi connectivity index (χ2n) is 7.06. The zero-order chi connectivity index (χ0) is 19.7. The van der Waals surface area contributed by atoms with Gasteiger partial charge in [-0.15, -0.1) is 11.3 Å². The number of aromatic nitrogens is 1. The maximum atomic E-state index is 13.9. The lowest BCUT2D eigenvalue weighted by molar-refractivity contribution is 0.0974. The molecule has 0 bridgehead atoms. The number of nitrogens with one attached hydrogen (secondary N) is 1. The van der Waals surface area contributed by atoms with Crippen LogP contribution in [0.4, 0.5) is 10.1 Å². The number of Topliss-reactive ketones (excluding diaryl/α,β-unsaturated/α-hetero) is 1. The number of ketones is 1. The predicted octanol–water partition coefficient (Wildman–Crippen LogP) is 5.49. The van der Waals surface area contributed by atoms with E-state index < -0.39 is 5.95 Å². The number of carbonyl (C=O) groups is 2. The molecule has 1 fully saturated rings. The van der Waals surface area contributed by atoms with Crippen LogP contribution in [0.15, 0.2) is 48.7 Å². The van der Waals surface area contributed by atoms with Crippen molar-refractivity contribution >= 4 is 28.7 Å². The summed E-state index contributed by atoms with van der Waals surface area (Å²) in [5.41, 5.74) is 2.49. The van der Waals surface area contributed by atoms with E-state index in [-0.39, 0.29) is 11.7 Å². The van der Waals surface area contributed by atoms with Crippen LogP contribution >= 0.6 is 11.3 Å². The van der Waals surface area contributed by atoms with Crippen LogP contribution in [0.5, 0.6) is 0 Å². The van der Waals surface area contributed by atoms with E-state index in [1.165, 1.54) is 17.5 Å². The van der Waals surface area contributed by atoms with Crippen molar-refractivity contribution in [1.82, 2.24) is 4.98 Å². The number of hydrogen-bond acceptors (Lipinski definition) is 4. The Hall–Kier alpha value is -2.86. The summed E-state index contributed by atoms with van der Waals surface area (Å²) in [6, 6.07) is 12.1. The Labute approximate surface area is 166 Å². The molecule has 1 amide bonds. The third kappa shape index (κ3) is 4.02. The van der Waals surface area contributed by atoms with Crippen LogP contribution < -0.4 is 5.32 Å². The lowest BCUT2D eigenvalue weighted by atomic mass is 10.0. The predicted molar refractivity (Wildman–Crippen MR) is 108 cm³/mol. The van der Waals surface area contributed by atoms with E-state index in [2.05, 4.69) is 10.3 Å². The number of carbonyl (C=O) groups excluding carboxylic acids is 2. The molecule has 0 atom stereocenters. The van der Waals surface area contributed by atoms with E-state index in [0.717, 1.165) is 18.4 Å². The van der Waals surface area contributed by atoms with Crippen molar-refractivity contribution in [2.24, 2.45) is 5.92 Å². The first-order chi connectivity index (χ1) is 13.5. The van der Waals surface area contributed by atoms with Crippen LogP contribution in [-0.2, 0) is 0 Å². The van der Waals surface area contributed by atoms with Gasteiger partial charge in [-0.2, -0.15) is 4.39 Å². The number of benzene rings is 1. The highest BCUT2D eigenvalue weighted by Crippen LogP contribution is 2.34. The Balaban J connectivity index is 1.52. The van der Waals surface area contributed by atoms with Crippen LogP contribution in [-0.4, -0.2) is 16.7 Å². The first-order valence-corrected chi connectivity index (χ1v) is 9.99. The fourth-order valence-electron chi connectivity index (χ4n) is 2.99. The van der Waals surface area contributed by atoms with Gasteiger partial charge >= 0.3 is 0 Å². The normalized spacial score (nSPS) is 13.4. The summed E-state index contributed by atoms with van der Waals surface area (Å²) < 4.78 is 13.9. The Kier molecular flexibility index (Phi) is 5.05. The molecule has 1 aliphatic carbocycles. The van der Waals surface area contributed by atoms with Gasteiger partial charge in [-0.25, -0.2) is 4.98 Å². The number of amides is 1. The lowest BCUT2D eigenvalue weighted by Gasteiger charge is -2.10. The highest BCUT2D eigenvalue weighted by atomic mass is 32.1. The van der Waals surface area contributed by atoms with E-state index in [1.807, 2.05) is 19.1 Å². The van der Waals surface area contributed by atoms with Gasteiger partial charge in [0, 0.05) is 34.3 Å². The molecule has 1 aliphatic rings. The Bertz CT molecular complexity index is 1060. The molecule has 3 aromatic rings. The molecule has 2 aromatic heterocycles. The number of thiophene rings is 1.